The van der Waals surface area contributed by atoms with Gasteiger partial charge in [0.2, 0.25) is 5.91 Å². The summed E-state index contributed by atoms with van der Waals surface area (Å²) in [6.07, 6.45) is 74.1. The number of amides is 1. The lowest BCUT2D eigenvalue weighted by Crippen LogP contribution is -2.46. The number of carbonyl (C=O) groups is 1. The van der Waals surface area contributed by atoms with Crippen LogP contribution in [0.3, 0.4) is 0 Å². The summed E-state index contributed by atoms with van der Waals surface area (Å²) in [5.41, 5.74) is 0. The van der Waals surface area contributed by atoms with E-state index in [-0.39, 0.29) is 19.1 Å². The first-order valence-corrected chi connectivity index (χ1v) is 34.7. The van der Waals surface area contributed by atoms with Crippen LogP contribution in [-0.4, -0.2) is 73.4 Å². The van der Waals surface area contributed by atoms with Gasteiger partial charge < -0.3 is 19.8 Å². The molecule has 0 saturated carbocycles. The van der Waals surface area contributed by atoms with E-state index in [1.807, 2.05) is 21.1 Å². The quantitative estimate of drug-likeness (QED) is 0.0243. The molecule has 0 bridgehead atoms. The van der Waals surface area contributed by atoms with E-state index in [2.05, 4.69) is 43.5 Å². The first-order chi connectivity index (χ1) is 36.5. The summed E-state index contributed by atoms with van der Waals surface area (Å²) in [7, 11) is 1.63. The van der Waals surface area contributed by atoms with Crippen molar-refractivity contribution in [2.75, 3.05) is 40.9 Å². The number of phosphoric acid groups is 1. The molecule has 9 heteroatoms. The highest BCUT2D eigenvalue weighted by Gasteiger charge is 2.28. The number of allylic oxidation sites excluding steroid dienone is 4. The van der Waals surface area contributed by atoms with Gasteiger partial charge in [-0.15, -0.1) is 0 Å². The van der Waals surface area contributed by atoms with Gasteiger partial charge in [-0.2, -0.15) is 0 Å². The summed E-state index contributed by atoms with van der Waals surface area (Å²) >= 11 is 0. The molecule has 3 atom stereocenters. The van der Waals surface area contributed by atoms with Crippen molar-refractivity contribution in [1.82, 2.24) is 5.32 Å². The van der Waals surface area contributed by atoms with E-state index in [9.17, 15) is 19.4 Å². The van der Waals surface area contributed by atoms with Gasteiger partial charge in [-0.05, 0) is 44.9 Å². The molecular weight excluding hydrogens is 948 g/mol. The van der Waals surface area contributed by atoms with Crippen molar-refractivity contribution in [1.29, 1.82) is 0 Å². The lowest BCUT2D eigenvalue weighted by molar-refractivity contribution is -0.870. The van der Waals surface area contributed by atoms with Gasteiger partial charge in [-0.1, -0.05) is 314 Å². The summed E-state index contributed by atoms with van der Waals surface area (Å²) in [4.78, 5) is 23.4. The summed E-state index contributed by atoms with van der Waals surface area (Å²) in [6.45, 7) is 4.94. The summed E-state index contributed by atoms with van der Waals surface area (Å²) in [6, 6.07) is -0.759. The Hall–Kier alpha value is -1.02. The van der Waals surface area contributed by atoms with Gasteiger partial charge in [0.25, 0.3) is 0 Å². The molecule has 75 heavy (non-hydrogen) atoms. The standard InChI is InChI=1S/C66H131N2O6P/c1-6-8-10-12-14-16-18-20-22-24-26-28-29-30-31-32-33-34-35-36-37-38-39-40-42-44-46-48-50-52-54-56-58-60-66(70)67-64(63-74-75(71,72)73-62-61-68(3,4)5)65(69)59-57-55-53-51-49-47-45-43-41-27-25-23-21-19-17-15-13-11-9-7-2/h26,28,30-31,64-65,69H,6-25,27,29,32-63H2,1-5H3,(H-,67,70,71,72)/p+1/b28-26-,31-30-. The minimum absolute atomic E-state index is 0.0771. The van der Waals surface area contributed by atoms with E-state index < -0.39 is 20.0 Å². The first kappa shape index (κ1) is 74.0. The zero-order valence-corrected chi connectivity index (χ0v) is 52.0. The summed E-state index contributed by atoms with van der Waals surface area (Å²) in [5, 5.41) is 14.1. The van der Waals surface area contributed by atoms with Crippen LogP contribution in [0.15, 0.2) is 24.3 Å². The van der Waals surface area contributed by atoms with Crippen LogP contribution in [0.2, 0.25) is 0 Å². The van der Waals surface area contributed by atoms with Crippen LogP contribution >= 0.6 is 7.82 Å². The van der Waals surface area contributed by atoms with Crippen LogP contribution in [-0.2, 0) is 18.4 Å². The van der Waals surface area contributed by atoms with Gasteiger partial charge in [0, 0.05) is 6.42 Å². The van der Waals surface area contributed by atoms with E-state index in [4.69, 9.17) is 9.05 Å². The van der Waals surface area contributed by atoms with Gasteiger partial charge in [-0.25, -0.2) is 4.57 Å². The second kappa shape index (κ2) is 57.7. The predicted molar refractivity (Wildman–Crippen MR) is 328 cm³/mol. The van der Waals surface area contributed by atoms with E-state index in [1.54, 1.807) is 0 Å². The largest absolute Gasteiger partial charge is 0.472 e. The van der Waals surface area contributed by atoms with E-state index in [1.165, 1.54) is 270 Å². The van der Waals surface area contributed by atoms with E-state index in [0.29, 0.717) is 23.9 Å². The highest BCUT2D eigenvalue weighted by molar-refractivity contribution is 7.47. The maximum atomic E-state index is 13.0. The number of quaternary nitrogens is 1. The number of aliphatic hydroxyl groups is 1. The maximum Gasteiger partial charge on any atom is 0.472 e. The molecule has 0 radical (unpaired) electrons. The molecule has 0 spiro atoms. The summed E-state index contributed by atoms with van der Waals surface area (Å²) < 4.78 is 23.9. The van der Waals surface area contributed by atoms with Crippen LogP contribution in [0, 0.1) is 0 Å². The Morgan fingerprint density at radius 2 is 0.760 bits per heavy atom. The van der Waals surface area contributed by atoms with Gasteiger partial charge in [-0.3, -0.25) is 13.8 Å². The number of likely N-dealkylation sites (N-methyl/N-ethyl adjacent to an activating group) is 1. The lowest BCUT2D eigenvalue weighted by atomic mass is 10.0. The van der Waals surface area contributed by atoms with E-state index >= 15 is 0 Å². The molecule has 8 nitrogen and oxygen atoms in total. The molecule has 0 heterocycles. The molecule has 1 amide bonds. The van der Waals surface area contributed by atoms with Crippen molar-refractivity contribution in [3.8, 4) is 0 Å². The van der Waals surface area contributed by atoms with Crippen molar-refractivity contribution in [2.45, 2.75) is 353 Å². The third-order valence-corrected chi connectivity index (χ3v) is 16.4. The van der Waals surface area contributed by atoms with Gasteiger partial charge in [0.1, 0.15) is 13.2 Å². The van der Waals surface area contributed by atoms with Gasteiger partial charge >= 0.3 is 7.82 Å². The molecule has 3 N–H and O–H groups in total. The molecule has 0 aliphatic carbocycles. The average Bonchev–Trinajstić information content (AvgIpc) is 3.37. The zero-order valence-electron chi connectivity index (χ0n) is 51.1. The number of hydrogen-bond acceptors (Lipinski definition) is 5. The molecule has 0 rings (SSSR count). The third-order valence-electron chi connectivity index (χ3n) is 15.5. The second-order valence-corrected chi connectivity index (χ2v) is 25.7. The SMILES string of the molecule is CCCCCCCCCCC/C=C\C/C=C\CCCCCCCCCCCCCCCCCCCC(=O)NC(COP(=O)(O)OCC[N+](C)(C)C)C(O)CCCCCCCCCCCCCCCCCCCCCC. The molecule has 0 aromatic rings. The Morgan fingerprint density at radius 3 is 1.09 bits per heavy atom. The van der Waals surface area contributed by atoms with Crippen molar-refractivity contribution < 1.29 is 32.9 Å². The average molecular weight is 1080 g/mol. The fraction of sp³-hybridized carbons (Fsp3) is 0.924. The minimum Gasteiger partial charge on any atom is -0.391 e. The fourth-order valence-corrected chi connectivity index (χ4v) is 11.0. The number of nitrogens with one attached hydrogen (secondary N) is 1. The highest BCUT2D eigenvalue weighted by Crippen LogP contribution is 2.43. The Bertz CT molecular complexity index is 1270. The molecule has 0 aliphatic heterocycles. The van der Waals surface area contributed by atoms with Gasteiger partial charge in [0.15, 0.2) is 0 Å². The van der Waals surface area contributed by atoms with Crippen LogP contribution < -0.4 is 5.32 Å². The van der Waals surface area contributed by atoms with Crippen LogP contribution in [0.25, 0.3) is 0 Å². The molecule has 0 aliphatic rings. The number of nitrogens with zero attached hydrogens (tertiary/aromatic N) is 1. The Labute approximate surface area is 468 Å². The van der Waals surface area contributed by atoms with E-state index in [0.717, 1.165) is 44.9 Å². The van der Waals surface area contributed by atoms with Crippen molar-refractivity contribution in [3.63, 3.8) is 0 Å². The number of unbranched alkanes of at least 4 members (excludes halogenated alkanes) is 45. The lowest BCUT2D eigenvalue weighted by Gasteiger charge is -2.26. The van der Waals surface area contributed by atoms with Crippen LogP contribution in [0.4, 0.5) is 0 Å². The predicted octanol–water partition coefficient (Wildman–Crippen LogP) is 20.7. The van der Waals surface area contributed by atoms with Crippen LogP contribution in [0.1, 0.15) is 341 Å². The molecule has 0 aromatic carbocycles. The van der Waals surface area contributed by atoms with Crippen molar-refractivity contribution in [2.24, 2.45) is 0 Å². The van der Waals surface area contributed by atoms with Gasteiger partial charge in [0.05, 0.1) is 39.9 Å². The maximum absolute atomic E-state index is 13.0. The number of rotatable bonds is 62. The normalized spacial score (nSPS) is 13.9. The highest BCUT2D eigenvalue weighted by atomic mass is 31.2. The summed E-state index contributed by atoms with van der Waals surface area (Å²) in [5.74, 6) is -0.138. The smallest absolute Gasteiger partial charge is 0.391 e. The number of aliphatic hydroxyl groups excluding tert-OH is 1. The number of hydrogen-bond donors (Lipinski definition) is 3. The second-order valence-electron chi connectivity index (χ2n) is 24.2. The molecule has 0 aromatic heterocycles. The Kier molecular flexibility index (Phi) is 56.9. The van der Waals surface area contributed by atoms with Crippen LogP contribution in [0.5, 0.6) is 0 Å². The fourth-order valence-electron chi connectivity index (χ4n) is 10.3. The number of phosphoric ester groups is 1. The Balaban J connectivity index is 4.00. The third kappa shape index (κ3) is 60.5. The molecule has 0 fully saturated rings. The van der Waals surface area contributed by atoms with Crippen molar-refractivity contribution >= 4 is 13.7 Å². The van der Waals surface area contributed by atoms with Crippen molar-refractivity contribution in [3.05, 3.63) is 24.3 Å². The topological polar surface area (TPSA) is 105 Å². The Morgan fingerprint density at radius 1 is 0.453 bits per heavy atom. The molecule has 3 unspecified atom stereocenters. The molecule has 446 valence electrons. The zero-order chi connectivity index (χ0) is 54.9. The number of carbonyl (C=O) groups excluding carboxylic acids is 1. The molecule has 0 saturated heterocycles. The molecular formula is C66H132N2O6P+. The minimum atomic E-state index is -4.32. The first-order valence-electron chi connectivity index (χ1n) is 33.2. The monoisotopic (exact) mass is 1080 g/mol.